The molecule has 4 heterocycles. The number of amides is 3. The van der Waals surface area contributed by atoms with Gasteiger partial charge in [-0.25, -0.2) is 9.78 Å². The SMILES string of the molecule is C=N/C=C(\NC1CCCN1C)C1=CC=C(c2ccc(-c3cnc[nH]3)cc2)CC1.CO.COC(N)=O.COCCC(C=O)NC=O.O=C1CCCc2cccc3c2N1CC3. The van der Waals surface area contributed by atoms with Gasteiger partial charge in [0.05, 0.1) is 48.9 Å². The molecule has 2 unspecified atom stereocenters. The van der Waals surface area contributed by atoms with Gasteiger partial charge in [-0.1, -0.05) is 54.6 Å². The van der Waals surface area contributed by atoms with Crippen LogP contribution >= 0.6 is 0 Å². The van der Waals surface area contributed by atoms with Gasteiger partial charge in [0.15, 0.2) is 0 Å². The van der Waals surface area contributed by atoms with E-state index in [0.29, 0.717) is 44.2 Å². The molecular weight excluding hydrogens is 753 g/mol. The fraction of sp³-hybridized carbons (Fsp3) is 0.409. The van der Waals surface area contributed by atoms with Gasteiger partial charge in [0, 0.05) is 40.0 Å². The zero-order chi connectivity index (χ0) is 43.0. The molecular formula is C44H60N8O7. The predicted octanol–water partition coefficient (Wildman–Crippen LogP) is 4.93. The molecule has 1 aromatic heterocycles. The number of anilines is 1. The summed E-state index contributed by atoms with van der Waals surface area (Å²) in [6.45, 7) is 6.16. The van der Waals surface area contributed by atoms with E-state index < -0.39 is 12.1 Å². The molecule has 0 bridgehead atoms. The van der Waals surface area contributed by atoms with Gasteiger partial charge in [-0.3, -0.25) is 19.5 Å². The molecule has 3 amide bonds. The number of rotatable bonds is 12. The molecule has 0 spiro atoms. The molecule has 59 heavy (non-hydrogen) atoms. The van der Waals surface area contributed by atoms with Crippen LogP contribution in [0.3, 0.4) is 0 Å². The maximum absolute atomic E-state index is 11.8. The number of carbonyl (C=O) groups excluding carboxylic acids is 4. The third kappa shape index (κ3) is 14.8. The number of hydrogen-bond acceptors (Lipinski definition) is 11. The Labute approximate surface area is 347 Å². The van der Waals surface area contributed by atoms with Crippen molar-refractivity contribution in [1.29, 1.82) is 0 Å². The topological polar surface area (TPSA) is 205 Å². The van der Waals surface area contributed by atoms with Crippen molar-refractivity contribution >= 4 is 42.7 Å². The van der Waals surface area contributed by atoms with Crippen molar-refractivity contribution in [3.8, 4) is 11.3 Å². The molecule has 318 valence electrons. The number of para-hydroxylation sites is 1. The van der Waals surface area contributed by atoms with Crippen LogP contribution in [0.2, 0.25) is 0 Å². The van der Waals surface area contributed by atoms with Crippen LogP contribution in [0.1, 0.15) is 61.6 Å². The number of nitrogens with two attached hydrogens (primary N) is 1. The smallest absolute Gasteiger partial charge is 0.404 e. The second-order valence-corrected chi connectivity index (χ2v) is 13.8. The van der Waals surface area contributed by atoms with Gasteiger partial charge < -0.3 is 45.6 Å². The monoisotopic (exact) mass is 812 g/mol. The second kappa shape index (κ2) is 26.2. The zero-order valence-corrected chi connectivity index (χ0v) is 34.7. The lowest BCUT2D eigenvalue weighted by Crippen LogP contribution is -2.38. The van der Waals surface area contributed by atoms with E-state index in [2.05, 4.69) is 109 Å². The number of aliphatic imine (C=N–C) groups is 1. The van der Waals surface area contributed by atoms with Crippen molar-refractivity contribution < 1.29 is 33.8 Å². The Morgan fingerprint density at radius 3 is 2.31 bits per heavy atom. The minimum Gasteiger partial charge on any atom is -0.453 e. The lowest BCUT2D eigenvalue weighted by atomic mass is 9.91. The molecule has 1 saturated heterocycles. The lowest BCUT2D eigenvalue weighted by molar-refractivity contribution is -0.118. The van der Waals surface area contributed by atoms with Crippen LogP contribution in [0.15, 0.2) is 89.6 Å². The minimum absolute atomic E-state index is 0.314. The summed E-state index contributed by atoms with van der Waals surface area (Å²) in [4.78, 5) is 56.7. The van der Waals surface area contributed by atoms with Gasteiger partial charge in [0.1, 0.15) is 6.29 Å². The number of allylic oxidation sites excluding steroid dienone is 4. The van der Waals surface area contributed by atoms with E-state index in [9.17, 15) is 19.2 Å². The summed E-state index contributed by atoms with van der Waals surface area (Å²) in [7, 11) is 5.94. The van der Waals surface area contributed by atoms with Crippen LogP contribution in [0.5, 0.6) is 0 Å². The van der Waals surface area contributed by atoms with E-state index in [-0.39, 0.29) is 0 Å². The number of primary amides is 1. The summed E-state index contributed by atoms with van der Waals surface area (Å²) in [6.07, 6.45) is 19.5. The summed E-state index contributed by atoms with van der Waals surface area (Å²) in [5, 5.41) is 13.0. The number of likely N-dealkylation sites (tertiary alicyclic amines) is 1. The number of imidazole rings is 1. The summed E-state index contributed by atoms with van der Waals surface area (Å²) in [6, 6.07) is 14.7. The van der Waals surface area contributed by atoms with Crippen molar-refractivity contribution in [2.75, 3.05) is 53.0 Å². The van der Waals surface area contributed by atoms with E-state index in [4.69, 9.17) is 9.84 Å². The number of benzene rings is 2. The van der Waals surface area contributed by atoms with Gasteiger partial charge >= 0.3 is 6.09 Å². The number of carbonyl (C=O) groups is 4. The van der Waals surface area contributed by atoms with Crippen molar-refractivity contribution in [2.45, 2.75) is 70.0 Å². The van der Waals surface area contributed by atoms with Gasteiger partial charge in [0.25, 0.3) is 0 Å². The maximum atomic E-state index is 11.8. The number of hydrogen-bond donors (Lipinski definition) is 5. The van der Waals surface area contributed by atoms with Crippen LogP contribution in [0.25, 0.3) is 16.8 Å². The number of aryl methyl sites for hydroxylation is 1. The number of aliphatic hydroxyl groups is 1. The number of ether oxygens (including phenoxy) is 2. The first kappa shape index (κ1) is 47.5. The lowest BCUT2D eigenvalue weighted by Gasteiger charge is -2.26. The number of methoxy groups -OCH3 is 2. The van der Waals surface area contributed by atoms with Crippen molar-refractivity contribution in [3.63, 3.8) is 0 Å². The first-order chi connectivity index (χ1) is 28.7. The highest BCUT2D eigenvalue weighted by molar-refractivity contribution is 5.97. The van der Waals surface area contributed by atoms with Crippen LogP contribution in [-0.2, 0) is 36.7 Å². The minimum atomic E-state index is -0.745. The number of nitrogens with one attached hydrogen (secondary N) is 3. The molecule has 15 nitrogen and oxygen atoms in total. The second-order valence-electron chi connectivity index (χ2n) is 13.8. The van der Waals surface area contributed by atoms with E-state index in [0.717, 1.165) is 69.3 Å². The third-order valence-corrected chi connectivity index (χ3v) is 10.1. The van der Waals surface area contributed by atoms with E-state index in [1.807, 2.05) is 17.3 Å². The number of nitrogens with zero attached hydrogens (tertiary/aromatic N) is 4. The molecule has 2 aromatic carbocycles. The Morgan fingerprint density at radius 2 is 1.75 bits per heavy atom. The fourth-order valence-corrected chi connectivity index (χ4v) is 7.03. The fourth-order valence-electron chi connectivity index (χ4n) is 7.03. The van der Waals surface area contributed by atoms with E-state index in [1.54, 1.807) is 13.4 Å². The third-order valence-electron chi connectivity index (χ3n) is 10.1. The van der Waals surface area contributed by atoms with Gasteiger partial charge in [-0.05, 0) is 105 Å². The summed E-state index contributed by atoms with van der Waals surface area (Å²) in [5.41, 5.74) is 15.6. The van der Waals surface area contributed by atoms with Crippen LogP contribution in [0, 0.1) is 0 Å². The highest BCUT2D eigenvalue weighted by atomic mass is 16.5. The molecule has 0 saturated carbocycles. The Hall–Kier alpha value is -5.90. The molecule has 15 heteroatoms. The summed E-state index contributed by atoms with van der Waals surface area (Å²) in [5.74, 6) is 0.314. The van der Waals surface area contributed by atoms with Crippen molar-refractivity contribution in [1.82, 2.24) is 25.5 Å². The Kier molecular flexibility index (Phi) is 21.1. The molecule has 4 aliphatic rings. The standard InChI is InChI=1S/C23H27N5.C12H13NO.C6H11NO3.C2H5NO2.CH4O/c1-24-14-22(27-23-4-3-13-28(23)2)20-11-7-18(8-12-20)17-5-9-19(10-6-17)21-15-25-16-26-21;14-11-6-2-5-9-3-1-4-10-7-8-13(11)12(9)10;1-10-3-2-6(4-8)7-5-9;1-5-2(3)4;1-2/h5-7,9-11,14-16,23,27H,1,3-4,8,12-13H2,2H3,(H,25,26);1,3-4H,2,5-8H2;4-6H,2-3H2,1H3,(H,7,9);1H3,(H2,3,4);2H,1H3/b22-14-;;;;. The number of aromatic nitrogens is 2. The molecule has 3 aliphatic heterocycles. The Bertz CT molecular complexity index is 1880. The summed E-state index contributed by atoms with van der Waals surface area (Å²) >= 11 is 0. The predicted molar refractivity (Wildman–Crippen MR) is 231 cm³/mol. The highest BCUT2D eigenvalue weighted by Crippen LogP contribution is 2.35. The van der Waals surface area contributed by atoms with E-state index >= 15 is 0 Å². The first-order valence-electron chi connectivity index (χ1n) is 19.7. The van der Waals surface area contributed by atoms with Gasteiger partial charge in [0.2, 0.25) is 12.3 Å². The molecule has 1 aliphatic carbocycles. The molecule has 0 radical (unpaired) electrons. The van der Waals surface area contributed by atoms with Crippen LogP contribution < -0.4 is 21.3 Å². The Morgan fingerprint density at radius 1 is 1.03 bits per heavy atom. The van der Waals surface area contributed by atoms with Crippen molar-refractivity contribution in [3.05, 3.63) is 101 Å². The average molecular weight is 813 g/mol. The van der Waals surface area contributed by atoms with E-state index in [1.165, 1.54) is 53.5 Å². The quantitative estimate of drug-likeness (QED) is 0.123. The number of aldehydes is 1. The normalized spacial score (nSPS) is 17.1. The van der Waals surface area contributed by atoms with Crippen LogP contribution in [0.4, 0.5) is 10.5 Å². The summed E-state index contributed by atoms with van der Waals surface area (Å²) < 4.78 is 8.59. The van der Waals surface area contributed by atoms with Gasteiger partial charge in [-0.15, -0.1) is 0 Å². The Balaban J connectivity index is 0.000000249. The first-order valence-corrected chi connectivity index (χ1v) is 19.7. The number of aromatic amines is 1. The maximum Gasteiger partial charge on any atom is 0.404 e. The zero-order valence-electron chi connectivity index (χ0n) is 34.7. The number of H-pyrrole nitrogens is 1. The van der Waals surface area contributed by atoms with Gasteiger partial charge in [-0.2, -0.15) is 0 Å². The molecule has 7 rings (SSSR count). The molecule has 2 atom stereocenters. The largest absolute Gasteiger partial charge is 0.453 e. The average Bonchev–Trinajstić information content (AvgIpc) is 4.04. The molecule has 1 fully saturated rings. The molecule has 6 N–H and O–H groups in total. The molecule has 3 aromatic rings. The van der Waals surface area contributed by atoms with Crippen LogP contribution in [-0.4, -0.2) is 112 Å². The highest BCUT2D eigenvalue weighted by Gasteiger charge is 2.28. The van der Waals surface area contributed by atoms with Crippen molar-refractivity contribution in [2.24, 2.45) is 10.7 Å². The number of aliphatic hydroxyl groups excluding tert-OH is 1.